The molecule has 3 aromatic heterocycles. The van der Waals surface area contributed by atoms with E-state index in [0.29, 0.717) is 30.6 Å². The molecular formula is C24H28N6O2. The summed E-state index contributed by atoms with van der Waals surface area (Å²) in [6.45, 7) is 10.8. The van der Waals surface area contributed by atoms with Crippen molar-refractivity contribution in [1.82, 2.24) is 25.1 Å². The number of rotatable bonds is 4. The van der Waals surface area contributed by atoms with Gasteiger partial charge in [-0.2, -0.15) is 5.10 Å². The first-order chi connectivity index (χ1) is 15.2. The van der Waals surface area contributed by atoms with Crippen molar-refractivity contribution in [1.29, 1.82) is 0 Å². The van der Waals surface area contributed by atoms with Gasteiger partial charge in [0.1, 0.15) is 11.4 Å². The van der Waals surface area contributed by atoms with Crippen LogP contribution in [0.2, 0.25) is 0 Å². The minimum absolute atomic E-state index is 0.313. The second-order valence-corrected chi connectivity index (χ2v) is 9.20. The lowest BCUT2D eigenvalue weighted by Gasteiger charge is -2.24. The number of nitrogens with one attached hydrogen (secondary N) is 1. The van der Waals surface area contributed by atoms with Gasteiger partial charge in [-0.05, 0) is 67.7 Å². The van der Waals surface area contributed by atoms with Crippen molar-refractivity contribution in [3.8, 4) is 0 Å². The number of anilines is 2. The lowest BCUT2D eigenvalue weighted by molar-refractivity contribution is 0.0306. The number of pyridine rings is 2. The summed E-state index contributed by atoms with van der Waals surface area (Å²) in [5.41, 5.74) is 4.11. The first kappa shape index (κ1) is 21.7. The fourth-order valence-corrected chi connectivity index (χ4v) is 3.37. The molecule has 166 valence electrons. The molecule has 1 aliphatic heterocycles. The van der Waals surface area contributed by atoms with Crippen LogP contribution in [0.4, 0.5) is 16.4 Å². The minimum atomic E-state index is -0.517. The molecule has 0 atom stereocenters. The van der Waals surface area contributed by atoms with Gasteiger partial charge in [0.2, 0.25) is 0 Å². The van der Waals surface area contributed by atoms with Crippen LogP contribution in [0.3, 0.4) is 0 Å². The Hall–Kier alpha value is -3.55. The van der Waals surface area contributed by atoms with E-state index in [-0.39, 0.29) is 6.09 Å². The van der Waals surface area contributed by atoms with Gasteiger partial charge >= 0.3 is 6.09 Å². The van der Waals surface area contributed by atoms with Gasteiger partial charge in [-0.1, -0.05) is 19.9 Å². The Kier molecular flexibility index (Phi) is 5.78. The number of hydrogen-bond acceptors (Lipinski definition) is 7. The predicted octanol–water partition coefficient (Wildman–Crippen LogP) is 4.92. The van der Waals surface area contributed by atoms with Crippen molar-refractivity contribution in [3.63, 3.8) is 0 Å². The molecule has 4 rings (SSSR count). The first-order valence-corrected chi connectivity index (χ1v) is 10.7. The van der Waals surface area contributed by atoms with E-state index in [1.165, 1.54) is 0 Å². The summed E-state index contributed by atoms with van der Waals surface area (Å²) in [6.07, 6.45) is 5.31. The van der Waals surface area contributed by atoms with Gasteiger partial charge < -0.3 is 15.0 Å². The van der Waals surface area contributed by atoms with E-state index >= 15 is 0 Å². The van der Waals surface area contributed by atoms with Crippen molar-refractivity contribution in [3.05, 3.63) is 53.9 Å². The molecule has 8 heteroatoms. The Morgan fingerprint density at radius 1 is 1.12 bits per heavy atom. The Labute approximate surface area is 187 Å². The molecule has 0 fully saturated rings. The molecule has 0 saturated carbocycles. The van der Waals surface area contributed by atoms with Crippen LogP contribution >= 0.6 is 0 Å². The second-order valence-electron chi connectivity index (χ2n) is 9.20. The lowest BCUT2D eigenvalue weighted by atomic mass is 10.1. The monoisotopic (exact) mass is 432 g/mol. The highest BCUT2D eigenvalue weighted by molar-refractivity contribution is 5.83. The molecule has 1 aliphatic rings. The van der Waals surface area contributed by atoms with E-state index in [1.807, 2.05) is 57.3 Å². The fraction of sp³-hybridized carbons (Fsp3) is 0.375. The van der Waals surface area contributed by atoms with Gasteiger partial charge in [0, 0.05) is 19.3 Å². The number of nitrogens with zero attached hydrogens (tertiary/aromatic N) is 5. The van der Waals surface area contributed by atoms with Gasteiger partial charge in [0.05, 0.1) is 17.2 Å². The first-order valence-electron chi connectivity index (χ1n) is 10.7. The highest BCUT2D eigenvalue weighted by Gasteiger charge is 2.26. The van der Waals surface area contributed by atoms with E-state index in [0.717, 1.165) is 27.7 Å². The predicted molar refractivity (Wildman–Crippen MR) is 125 cm³/mol. The maximum absolute atomic E-state index is 12.4. The maximum Gasteiger partial charge on any atom is 0.410 e. The number of amides is 1. The Bertz CT molecular complexity index is 1180. The molecule has 32 heavy (non-hydrogen) atoms. The van der Waals surface area contributed by atoms with Crippen molar-refractivity contribution >= 4 is 34.3 Å². The van der Waals surface area contributed by atoms with Crippen LogP contribution in [0.25, 0.3) is 16.6 Å². The zero-order chi connectivity index (χ0) is 22.9. The van der Waals surface area contributed by atoms with Crippen LogP contribution in [-0.4, -0.2) is 49.8 Å². The molecule has 0 radical (unpaired) electrons. The summed E-state index contributed by atoms with van der Waals surface area (Å²) in [7, 11) is 0. The second kappa shape index (κ2) is 8.53. The van der Waals surface area contributed by atoms with Crippen LogP contribution in [0.1, 0.15) is 51.7 Å². The molecule has 0 aliphatic carbocycles. The maximum atomic E-state index is 12.4. The van der Waals surface area contributed by atoms with Crippen LogP contribution in [0, 0.1) is 0 Å². The third-order valence-corrected chi connectivity index (χ3v) is 5.08. The fourth-order valence-electron chi connectivity index (χ4n) is 3.37. The molecule has 4 heterocycles. The number of carbonyl (C=O) groups is 1. The summed E-state index contributed by atoms with van der Waals surface area (Å²) in [5, 5.41) is 11.5. The van der Waals surface area contributed by atoms with Gasteiger partial charge in [-0.25, -0.2) is 9.78 Å². The normalized spacial score (nSPS) is 14.1. The molecule has 1 amide bonds. The Balaban J connectivity index is 1.52. The number of ether oxygens (including phenoxy) is 1. The Morgan fingerprint density at radius 2 is 1.94 bits per heavy atom. The summed E-state index contributed by atoms with van der Waals surface area (Å²) in [6, 6.07) is 7.77. The molecule has 3 aromatic rings. The van der Waals surface area contributed by atoms with Crippen molar-refractivity contribution in [2.45, 2.75) is 46.1 Å². The average molecular weight is 433 g/mol. The summed E-state index contributed by atoms with van der Waals surface area (Å²) in [4.78, 5) is 23.3. The molecule has 0 aromatic carbocycles. The molecule has 0 unspecified atom stereocenters. The molecule has 0 saturated heterocycles. The van der Waals surface area contributed by atoms with Crippen molar-refractivity contribution < 1.29 is 9.53 Å². The molecule has 0 bridgehead atoms. The number of aromatic nitrogens is 4. The van der Waals surface area contributed by atoms with Crippen LogP contribution in [-0.2, 0) is 4.74 Å². The van der Waals surface area contributed by atoms with Gasteiger partial charge in [0.15, 0.2) is 5.82 Å². The van der Waals surface area contributed by atoms with Crippen LogP contribution < -0.4 is 5.32 Å². The molecule has 0 spiro atoms. The van der Waals surface area contributed by atoms with Crippen molar-refractivity contribution in [2.75, 3.05) is 18.4 Å². The average Bonchev–Trinajstić information content (AvgIpc) is 3.23. The number of fused-ring (bicyclic) bond motifs is 1. The smallest absolute Gasteiger partial charge is 0.410 e. The topological polar surface area (TPSA) is 93.1 Å². The van der Waals surface area contributed by atoms with Crippen molar-refractivity contribution in [2.24, 2.45) is 0 Å². The quantitative estimate of drug-likeness (QED) is 0.625. The largest absolute Gasteiger partial charge is 0.444 e. The third-order valence-electron chi connectivity index (χ3n) is 5.08. The number of hydrogen-bond donors (Lipinski definition) is 1. The van der Waals surface area contributed by atoms with E-state index in [1.54, 1.807) is 11.1 Å². The highest BCUT2D eigenvalue weighted by atomic mass is 16.6. The highest BCUT2D eigenvalue weighted by Crippen LogP contribution is 2.25. The van der Waals surface area contributed by atoms with E-state index in [2.05, 4.69) is 34.3 Å². The minimum Gasteiger partial charge on any atom is -0.444 e. The third kappa shape index (κ3) is 5.01. The zero-order valence-electron chi connectivity index (χ0n) is 19.1. The van der Waals surface area contributed by atoms with E-state index < -0.39 is 5.60 Å². The zero-order valence-corrected chi connectivity index (χ0v) is 19.1. The SMILES string of the molecule is CC(C)c1cnnc(Nc2ccc3ncc(C4=CCN(C(=O)OC(C)(C)C)C4)cc3n2)c1. The summed E-state index contributed by atoms with van der Waals surface area (Å²) < 4.78 is 5.48. The van der Waals surface area contributed by atoms with Crippen LogP contribution in [0.15, 0.2) is 42.7 Å². The van der Waals surface area contributed by atoms with Crippen LogP contribution in [0.5, 0.6) is 0 Å². The van der Waals surface area contributed by atoms with Gasteiger partial charge in [-0.3, -0.25) is 4.98 Å². The Morgan fingerprint density at radius 3 is 2.69 bits per heavy atom. The molecule has 1 N–H and O–H groups in total. The van der Waals surface area contributed by atoms with E-state index in [4.69, 9.17) is 9.72 Å². The number of carbonyl (C=O) groups excluding carboxylic acids is 1. The van der Waals surface area contributed by atoms with E-state index in [9.17, 15) is 4.79 Å². The standard InChI is InChI=1S/C24H28N6O2/c1-15(2)17-11-22(29-26-13-17)28-21-7-6-19-20(27-21)10-18(12-25-19)16-8-9-30(14-16)23(31)32-24(3,4)5/h6-8,10-13,15H,9,14H2,1-5H3,(H,27,28,29). The van der Waals surface area contributed by atoms with Gasteiger partial charge in [-0.15, -0.1) is 5.10 Å². The van der Waals surface area contributed by atoms with Gasteiger partial charge in [0.25, 0.3) is 0 Å². The molecule has 8 nitrogen and oxygen atoms in total. The summed E-state index contributed by atoms with van der Waals surface area (Å²) in [5.74, 6) is 1.68. The molecular weight excluding hydrogens is 404 g/mol. The lowest BCUT2D eigenvalue weighted by Crippen LogP contribution is -2.35. The summed E-state index contributed by atoms with van der Waals surface area (Å²) >= 11 is 0.